The Bertz CT molecular complexity index is 317. The van der Waals surface area contributed by atoms with E-state index in [1.807, 2.05) is 6.08 Å². The Balaban J connectivity index is 1.88. The van der Waals surface area contributed by atoms with Gasteiger partial charge in [0.2, 0.25) is 0 Å². The van der Waals surface area contributed by atoms with Gasteiger partial charge in [-0.3, -0.25) is 0 Å². The average Bonchev–Trinajstić information content (AvgIpc) is 2.31. The summed E-state index contributed by atoms with van der Waals surface area (Å²) in [5.41, 5.74) is 1.38. The Kier molecular flexibility index (Phi) is 4.17. The maximum atomic E-state index is 6.06. The van der Waals surface area contributed by atoms with Gasteiger partial charge in [0.15, 0.2) is 0 Å². The van der Waals surface area contributed by atoms with Crippen LogP contribution in [-0.2, 0) is 11.2 Å². The van der Waals surface area contributed by atoms with E-state index < -0.39 is 0 Å². The van der Waals surface area contributed by atoms with Gasteiger partial charge in [-0.15, -0.1) is 6.58 Å². The molecular formula is C15H20O. The minimum absolute atomic E-state index is 0.403. The lowest BCUT2D eigenvalue weighted by atomic mass is 9.97. The molecule has 1 saturated heterocycles. The van der Waals surface area contributed by atoms with Gasteiger partial charge in [-0.05, 0) is 37.7 Å². The zero-order valence-electron chi connectivity index (χ0n) is 9.77. The molecule has 16 heavy (non-hydrogen) atoms. The highest BCUT2D eigenvalue weighted by atomic mass is 16.5. The maximum Gasteiger partial charge on any atom is 0.0619 e. The minimum atomic E-state index is 0.403. The molecular weight excluding hydrogens is 196 g/mol. The van der Waals surface area contributed by atoms with Crippen LogP contribution in [0.15, 0.2) is 43.0 Å². The monoisotopic (exact) mass is 216 g/mol. The summed E-state index contributed by atoms with van der Waals surface area (Å²) in [6, 6.07) is 10.6. The van der Waals surface area contributed by atoms with Gasteiger partial charge in [0, 0.05) is 0 Å². The van der Waals surface area contributed by atoms with Crippen molar-refractivity contribution in [1.82, 2.24) is 0 Å². The van der Waals surface area contributed by atoms with E-state index in [0.717, 1.165) is 12.8 Å². The molecule has 86 valence electrons. The second-order valence-electron chi connectivity index (χ2n) is 4.53. The SMILES string of the molecule is C=CC[C@@H]1CCC[C@@H](Cc2ccccc2)O1. The van der Waals surface area contributed by atoms with Crippen LogP contribution in [0, 0.1) is 0 Å². The average molecular weight is 216 g/mol. The molecule has 1 aliphatic heterocycles. The summed E-state index contributed by atoms with van der Waals surface area (Å²) in [5.74, 6) is 0. The topological polar surface area (TPSA) is 9.23 Å². The molecule has 1 fully saturated rings. The van der Waals surface area contributed by atoms with Crippen LogP contribution >= 0.6 is 0 Å². The van der Waals surface area contributed by atoms with Crippen LogP contribution in [0.25, 0.3) is 0 Å². The molecule has 0 radical (unpaired) electrons. The Hall–Kier alpha value is -1.08. The molecule has 1 aromatic carbocycles. The van der Waals surface area contributed by atoms with Gasteiger partial charge in [-0.2, -0.15) is 0 Å². The standard InChI is InChI=1S/C15H20O/c1-2-7-14-10-6-11-15(16-14)12-13-8-4-3-5-9-13/h2-5,8-9,14-15H,1,6-7,10-12H2/t14-,15+/m1/s1. The van der Waals surface area contributed by atoms with Gasteiger partial charge in [0.05, 0.1) is 12.2 Å². The number of hydrogen-bond acceptors (Lipinski definition) is 1. The van der Waals surface area contributed by atoms with Gasteiger partial charge >= 0.3 is 0 Å². The maximum absolute atomic E-state index is 6.06. The molecule has 0 amide bonds. The molecule has 1 aromatic rings. The van der Waals surface area contributed by atoms with E-state index in [1.54, 1.807) is 0 Å². The van der Waals surface area contributed by atoms with Gasteiger partial charge in [0.25, 0.3) is 0 Å². The lowest BCUT2D eigenvalue weighted by Gasteiger charge is -2.29. The van der Waals surface area contributed by atoms with Crippen LogP contribution in [0.2, 0.25) is 0 Å². The zero-order valence-corrected chi connectivity index (χ0v) is 9.77. The molecule has 0 saturated carbocycles. The summed E-state index contributed by atoms with van der Waals surface area (Å²) < 4.78 is 6.06. The number of ether oxygens (including phenoxy) is 1. The van der Waals surface area contributed by atoms with Crippen molar-refractivity contribution in [3.63, 3.8) is 0 Å². The molecule has 0 N–H and O–H groups in total. The first-order chi connectivity index (χ1) is 7.88. The summed E-state index contributed by atoms with van der Waals surface area (Å²) in [6.07, 6.45) is 8.49. The van der Waals surface area contributed by atoms with E-state index in [2.05, 4.69) is 36.9 Å². The molecule has 2 atom stereocenters. The molecule has 1 heteroatoms. The van der Waals surface area contributed by atoms with Crippen LogP contribution in [0.3, 0.4) is 0 Å². The van der Waals surface area contributed by atoms with Gasteiger partial charge in [0.1, 0.15) is 0 Å². The fraction of sp³-hybridized carbons (Fsp3) is 0.467. The van der Waals surface area contributed by atoms with Crippen molar-refractivity contribution in [1.29, 1.82) is 0 Å². The normalized spacial score (nSPS) is 25.2. The summed E-state index contributed by atoms with van der Waals surface area (Å²) >= 11 is 0. The molecule has 2 rings (SSSR count). The van der Waals surface area contributed by atoms with Crippen molar-refractivity contribution < 1.29 is 4.74 Å². The van der Waals surface area contributed by atoms with Crippen molar-refractivity contribution in [3.05, 3.63) is 48.6 Å². The predicted molar refractivity (Wildman–Crippen MR) is 67.5 cm³/mol. The highest BCUT2D eigenvalue weighted by molar-refractivity contribution is 5.15. The predicted octanol–water partition coefficient (Wildman–Crippen LogP) is 3.74. The highest BCUT2D eigenvalue weighted by Gasteiger charge is 2.21. The summed E-state index contributed by atoms with van der Waals surface area (Å²) in [6.45, 7) is 3.78. The third-order valence-electron chi connectivity index (χ3n) is 3.17. The van der Waals surface area contributed by atoms with Gasteiger partial charge in [-0.25, -0.2) is 0 Å². The molecule has 0 unspecified atom stereocenters. The van der Waals surface area contributed by atoms with Crippen molar-refractivity contribution >= 4 is 0 Å². The fourth-order valence-electron chi connectivity index (χ4n) is 2.37. The van der Waals surface area contributed by atoms with E-state index >= 15 is 0 Å². The highest BCUT2D eigenvalue weighted by Crippen LogP contribution is 2.23. The summed E-state index contributed by atoms with van der Waals surface area (Å²) in [7, 11) is 0. The number of benzene rings is 1. The lowest BCUT2D eigenvalue weighted by molar-refractivity contribution is -0.0466. The van der Waals surface area contributed by atoms with Crippen LogP contribution in [0.4, 0.5) is 0 Å². The first-order valence-corrected chi connectivity index (χ1v) is 6.19. The fourth-order valence-corrected chi connectivity index (χ4v) is 2.37. The minimum Gasteiger partial charge on any atom is -0.374 e. The van der Waals surface area contributed by atoms with E-state index in [0.29, 0.717) is 12.2 Å². The summed E-state index contributed by atoms with van der Waals surface area (Å²) in [5, 5.41) is 0. The number of hydrogen-bond donors (Lipinski definition) is 0. The van der Waals surface area contributed by atoms with Crippen LogP contribution < -0.4 is 0 Å². The molecule has 1 aliphatic rings. The largest absolute Gasteiger partial charge is 0.374 e. The van der Waals surface area contributed by atoms with Gasteiger partial charge < -0.3 is 4.74 Å². The van der Waals surface area contributed by atoms with E-state index in [9.17, 15) is 0 Å². The third-order valence-corrected chi connectivity index (χ3v) is 3.17. The van der Waals surface area contributed by atoms with Crippen molar-refractivity contribution in [3.8, 4) is 0 Å². The Labute approximate surface area is 98.1 Å². The van der Waals surface area contributed by atoms with Crippen LogP contribution in [0.5, 0.6) is 0 Å². The van der Waals surface area contributed by atoms with E-state index in [-0.39, 0.29) is 0 Å². The van der Waals surface area contributed by atoms with Gasteiger partial charge in [-0.1, -0.05) is 36.4 Å². The Morgan fingerprint density at radius 2 is 1.94 bits per heavy atom. The first-order valence-electron chi connectivity index (χ1n) is 6.19. The van der Waals surface area contributed by atoms with Crippen LogP contribution in [0.1, 0.15) is 31.2 Å². The number of rotatable bonds is 4. The lowest BCUT2D eigenvalue weighted by Crippen LogP contribution is -2.28. The van der Waals surface area contributed by atoms with Crippen molar-refractivity contribution in [2.24, 2.45) is 0 Å². The molecule has 0 bridgehead atoms. The van der Waals surface area contributed by atoms with Crippen molar-refractivity contribution in [2.45, 2.75) is 44.3 Å². The Morgan fingerprint density at radius 1 is 1.19 bits per heavy atom. The summed E-state index contributed by atoms with van der Waals surface area (Å²) in [4.78, 5) is 0. The zero-order chi connectivity index (χ0) is 11.2. The first kappa shape index (κ1) is 11.4. The Morgan fingerprint density at radius 3 is 2.69 bits per heavy atom. The van der Waals surface area contributed by atoms with Crippen molar-refractivity contribution in [2.75, 3.05) is 0 Å². The smallest absolute Gasteiger partial charge is 0.0619 e. The third kappa shape index (κ3) is 3.21. The molecule has 0 aromatic heterocycles. The molecule has 1 heterocycles. The second kappa shape index (κ2) is 5.86. The molecule has 0 aliphatic carbocycles. The van der Waals surface area contributed by atoms with E-state index in [1.165, 1.54) is 24.8 Å². The quantitative estimate of drug-likeness (QED) is 0.697. The van der Waals surface area contributed by atoms with E-state index in [4.69, 9.17) is 4.74 Å². The second-order valence-corrected chi connectivity index (χ2v) is 4.53. The molecule has 0 spiro atoms. The van der Waals surface area contributed by atoms with Crippen LogP contribution in [-0.4, -0.2) is 12.2 Å². The molecule has 1 nitrogen and oxygen atoms in total.